The van der Waals surface area contributed by atoms with Crippen LogP contribution in [0.2, 0.25) is 0 Å². The molecular formula is C25H31FN4O4. The number of rotatable bonds is 5. The molecule has 1 atom stereocenters. The summed E-state index contributed by atoms with van der Waals surface area (Å²) in [6, 6.07) is 3.93. The van der Waals surface area contributed by atoms with Crippen molar-refractivity contribution in [1.82, 2.24) is 19.7 Å². The van der Waals surface area contributed by atoms with Gasteiger partial charge in [-0.3, -0.25) is 14.3 Å². The second-order valence-electron chi connectivity index (χ2n) is 9.47. The Morgan fingerprint density at radius 2 is 1.97 bits per heavy atom. The van der Waals surface area contributed by atoms with Gasteiger partial charge in [-0.05, 0) is 57.2 Å². The van der Waals surface area contributed by atoms with E-state index >= 15 is 0 Å². The number of aryl methyl sites for hydroxylation is 1. The number of likely N-dealkylation sites (tertiary alicyclic amines) is 1. The molecule has 4 heterocycles. The van der Waals surface area contributed by atoms with Gasteiger partial charge in [-0.1, -0.05) is 0 Å². The van der Waals surface area contributed by atoms with E-state index in [4.69, 9.17) is 9.47 Å². The Kier molecular flexibility index (Phi) is 6.40. The zero-order valence-corrected chi connectivity index (χ0v) is 19.7. The molecule has 2 aromatic heterocycles. The maximum Gasteiger partial charge on any atom is 0.259 e. The number of H-pyrrole nitrogens is 1. The van der Waals surface area contributed by atoms with Crippen LogP contribution in [0.4, 0.5) is 4.39 Å². The van der Waals surface area contributed by atoms with E-state index in [9.17, 15) is 14.0 Å². The highest BCUT2D eigenvalue weighted by molar-refractivity contribution is 6.07. The van der Waals surface area contributed by atoms with E-state index in [1.807, 2.05) is 28.6 Å². The summed E-state index contributed by atoms with van der Waals surface area (Å²) in [6.07, 6.45) is 3.67. The van der Waals surface area contributed by atoms with Gasteiger partial charge < -0.3 is 19.4 Å². The van der Waals surface area contributed by atoms with E-state index in [2.05, 4.69) is 10.1 Å². The van der Waals surface area contributed by atoms with E-state index < -0.39 is 6.17 Å². The molecule has 34 heavy (non-hydrogen) atoms. The molecule has 182 valence electrons. The van der Waals surface area contributed by atoms with Crippen molar-refractivity contribution in [3.05, 3.63) is 39.8 Å². The number of hydrogen-bond donors (Lipinski definition) is 1. The Labute approximate surface area is 197 Å². The molecule has 2 aliphatic rings. The van der Waals surface area contributed by atoms with Crippen LogP contribution in [0.1, 0.15) is 54.6 Å². The Morgan fingerprint density at radius 1 is 1.24 bits per heavy atom. The first kappa shape index (κ1) is 23.0. The van der Waals surface area contributed by atoms with Gasteiger partial charge in [0.1, 0.15) is 6.17 Å². The molecule has 2 fully saturated rings. The molecule has 0 radical (unpaired) electrons. The molecule has 1 aromatic carbocycles. The molecule has 0 unspecified atom stereocenters. The van der Waals surface area contributed by atoms with Crippen LogP contribution >= 0.6 is 0 Å². The highest BCUT2D eigenvalue weighted by Crippen LogP contribution is 2.30. The number of alkyl halides is 1. The van der Waals surface area contributed by atoms with Crippen molar-refractivity contribution in [3.63, 3.8) is 0 Å². The van der Waals surface area contributed by atoms with Crippen LogP contribution < -0.4 is 5.56 Å². The van der Waals surface area contributed by atoms with E-state index in [0.29, 0.717) is 55.6 Å². The number of nitrogens with zero attached hydrogens (tertiary/aromatic N) is 3. The standard InChI is InChI=1S/C25H31FN4O4/c1-15-11-22-20(12-19(15)25(32)29-7-3-18(4-8-29)34-14-16(2)26)23-21(24(31)28-22)13-27-30(23)17-5-9-33-10-6-17/h11-13,16-18H,3-10,14H2,1-2H3,(H,28,31)/t16-/m0/s1. The molecule has 1 amide bonds. The normalized spacial score (nSPS) is 19.2. The third-order valence-electron chi connectivity index (χ3n) is 6.97. The van der Waals surface area contributed by atoms with Crippen LogP contribution in [-0.4, -0.2) is 70.8 Å². The lowest BCUT2D eigenvalue weighted by Gasteiger charge is -2.32. The summed E-state index contributed by atoms with van der Waals surface area (Å²) >= 11 is 0. The topological polar surface area (TPSA) is 89.4 Å². The number of hydrogen-bond acceptors (Lipinski definition) is 5. The van der Waals surface area contributed by atoms with Crippen molar-refractivity contribution in [1.29, 1.82) is 0 Å². The predicted molar refractivity (Wildman–Crippen MR) is 127 cm³/mol. The lowest BCUT2D eigenvalue weighted by Crippen LogP contribution is -2.41. The third-order valence-corrected chi connectivity index (χ3v) is 6.97. The fraction of sp³-hybridized carbons (Fsp3) is 0.560. The van der Waals surface area contributed by atoms with E-state index in [0.717, 1.165) is 29.3 Å². The van der Waals surface area contributed by atoms with Gasteiger partial charge in [0, 0.05) is 37.3 Å². The molecule has 5 rings (SSSR count). The number of aromatic nitrogens is 3. The Morgan fingerprint density at radius 3 is 2.68 bits per heavy atom. The number of ether oxygens (including phenoxy) is 2. The van der Waals surface area contributed by atoms with Crippen molar-refractivity contribution in [3.8, 4) is 0 Å². The first-order valence-electron chi connectivity index (χ1n) is 12.1. The van der Waals surface area contributed by atoms with Crippen LogP contribution in [0.15, 0.2) is 23.1 Å². The zero-order valence-electron chi connectivity index (χ0n) is 19.7. The van der Waals surface area contributed by atoms with Crippen molar-refractivity contribution >= 4 is 27.7 Å². The van der Waals surface area contributed by atoms with Gasteiger partial charge in [0.25, 0.3) is 11.5 Å². The maximum atomic E-state index is 13.5. The number of carbonyl (C=O) groups excluding carboxylic acids is 1. The molecule has 2 aliphatic heterocycles. The molecule has 9 heteroatoms. The summed E-state index contributed by atoms with van der Waals surface area (Å²) in [5.41, 5.74) is 2.73. The second kappa shape index (κ2) is 9.46. The summed E-state index contributed by atoms with van der Waals surface area (Å²) < 4.78 is 26.1. The minimum Gasteiger partial charge on any atom is -0.381 e. The molecule has 0 spiro atoms. The number of piperidine rings is 1. The second-order valence-corrected chi connectivity index (χ2v) is 9.47. The summed E-state index contributed by atoms with van der Waals surface area (Å²) in [7, 11) is 0. The van der Waals surface area contributed by atoms with Crippen molar-refractivity contribution in [2.45, 2.75) is 57.8 Å². The number of aromatic amines is 1. The van der Waals surface area contributed by atoms with Gasteiger partial charge in [-0.15, -0.1) is 0 Å². The van der Waals surface area contributed by atoms with Crippen molar-refractivity contribution < 1.29 is 18.7 Å². The first-order valence-corrected chi connectivity index (χ1v) is 12.1. The summed E-state index contributed by atoms with van der Waals surface area (Å²) in [5, 5.41) is 5.91. The lowest BCUT2D eigenvalue weighted by atomic mass is 10.0. The quantitative estimate of drug-likeness (QED) is 0.616. The fourth-order valence-corrected chi connectivity index (χ4v) is 5.10. The minimum absolute atomic E-state index is 0.0153. The zero-order chi connectivity index (χ0) is 23.8. The van der Waals surface area contributed by atoms with Gasteiger partial charge in [0.2, 0.25) is 0 Å². The van der Waals surface area contributed by atoms with Gasteiger partial charge in [-0.25, -0.2) is 4.39 Å². The molecule has 8 nitrogen and oxygen atoms in total. The molecule has 1 N–H and O–H groups in total. The molecule has 0 bridgehead atoms. The SMILES string of the molecule is Cc1cc2[nH]c(=O)c3cnn(C4CCOCC4)c3c2cc1C(=O)N1CCC(OC[C@H](C)F)CC1. The number of benzene rings is 1. The van der Waals surface area contributed by atoms with E-state index in [1.165, 1.54) is 6.92 Å². The van der Waals surface area contributed by atoms with Crippen molar-refractivity contribution in [2.75, 3.05) is 32.9 Å². The Hall–Kier alpha value is -2.78. The average Bonchev–Trinajstić information content (AvgIpc) is 3.29. The monoisotopic (exact) mass is 470 g/mol. The van der Waals surface area contributed by atoms with Gasteiger partial charge >= 0.3 is 0 Å². The highest BCUT2D eigenvalue weighted by atomic mass is 19.1. The fourth-order valence-electron chi connectivity index (χ4n) is 5.10. The third kappa shape index (κ3) is 4.34. The van der Waals surface area contributed by atoms with Crippen LogP contribution in [0.25, 0.3) is 21.8 Å². The molecule has 2 saturated heterocycles. The predicted octanol–water partition coefficient (Wildman–Crippen LogP) is 3.52. The smallest absolute Gasteiger partial charge is 0.259 e. The minimum atomic E-state index is -0.988. The summed E-state index contributed by atoms with van der Waals surface area (Å²) in [4.78, 5) is 31.0. The van der Waals surface area contributed by atoms with Crippen LogP contribution in [0.5, 0.6) is 0 Å². The lowest BCUT2D eigenvalue weighted by molar-refractivity contribution is -0.0101. The largest absolute Gasteiger partial charge is 0.381 e. The van der Waals surface area contributed by atoms with Gasteiger partial charge in [-0.2, -0.15) is 5.10 Å². The number of fused-ring (bicyclic) bond motifs is 3. The van der Waals surface area contributed by atoms with Gasteiger partial charge in [0.05, 0.1) is 41.4 Å². The van der Waals surface area contributed by atoms with Crippen LogP contribution in [-0.2, 0) is 9.47 Å². The van der Waals surface area contributed by atoms with Gasteiger partial charge in [0.15, 0.2) is 0 Å². The number of amides is 1. The molecule has 0 aliphatic carbocycles. The van der Waals surface area contributed by atoms with E-state index in [-0.39, 0.29) is 30.2 Å². The molecule has 3 aromatic rings. The highest BCUT2D eigenvalue weighted by Gasteiger charge is 2.27. The number of halogens is 1. The Bertz CT molecular complexity index is 1250. The Balaban J connectivity index is 1.48. The summed E-state index contributed by atoms with van der Waals surface area (Å²) in [5.74, 6) is -0.0341. The molecular weight excluding hydrogens is 439 g/mol. The van der Waals surface area contributed by atoms with E-state index in [1.54, 1.807) is 6.20 Å². The average molecular weight is 471 g/mol. The number of nitrogens with one attached hydrogen (secondary N) is 1. The summed E-state index contributed by atoms with van der Waals surface area (Å²) in [6.45, 7) is 5.95. The number of pyridine rings is 1. The number of carbonyl (C=O) groups is 1. The van der Waals surface area contributed by atoms with Crippen LogP contribution in [0.3, 0.4) is 0 Å². The molecule has 0 saturated carbocycles. The van der Waals surface area contributed by atoms with Crippen molar-refractivity contribution in [2.24, 2.45) is 0 Å². The van der Waals surface area contributed by atoms with Crippen LogP contribution in [0, 0.1) is 6.92 Å². The maximum absolute atomic E-state index is 13.5. The first-order chi connectivity index (χ1) is 16.4.